The SMILES string of the molecule is CC(/C=C1\S/C(=N/N=C\c2cccc(Br)c2)N(Cc2ccco2)C1=O)=C\c1ccccc1. The number of rotatable bonds is 6. The Morgan fingerprint density at radius 1 is 1.09 bits per heavy atom. The molecule has 1 aromatic heterocycles. The van der Waals surface area contributed by atoms with Gasteiger partial charge in [0.1, 0.15) is 5.76 Å². The van der Waals surface area contributed by atoms with E-state index in [0.29, 0.717) is 22.4 Å². The van der Waals surface area contributed by atoms with Crippen LogP contribution in [0.5, 0.6) is 0 Å². The van der Waals surface area contributed by atoms with Gasteiger partial charge in [0.25, 0.3) is 5.91 Å². The summed E-state index contributed by atoms with van der Waals surface area (Å²) in [6, 6.07) is 21.4. The van der Waals surface area contributed by atoms with Crippen molar-refractivity contribution in [2.45, 2.75) is 13.5 Å². The molecule has 0 radical (unpaired) electrons. The predicted octanol–water partition coefficient (Wildman–Crippen LogP) is 6.50. The number of benzene rings is 2. The molecule has 1 aliphatic rings. The summed E-state index contributed by atoms with van der Waals surface area (Å²) in [6.45, 7) is 2.27. The van der Waals surface area contributed by atoms with Crippen LogP contribution in [0.1, 0.15) is 23.8 Å². The third-order valence-electron chi connectivity index (χ3n) is 4.53. The van der Waals surface area contributed by atoms with Gasteiger partial charge in [0.2, 0.25) is 0 Å². The fraction of sp³-hybridized carbons (Fsp3) is 0.0800. The summed E-state index contributed by atoms with van der Waals surface area (Å²) >= 11 is 4.76. The minimum atomic E-state index is -0.122. The molecule has 1 saturated heterocycles. The van der Waals surface area contributed by atoms with Crippen molar-refractivity contribution in [3.05, 3.63) is 111 Å². The second-order valence-corrected chi connectivity index (χ2v) is 8.99. The van der Waals surface area contributed by atoms with Crippen molar-refractivity contribution in [2.75, 3.05) is 0 Å². The van der Waals surface area contributed by atoms with Crippen LogP contribution in [0.15, 0.2) is 109 Å². The molecule has 1 amide bonds. The molecule has 2 heterocycles. The third kappa shape index (κ3) is 5.75. The summed E-state index contributed by atoms with van der Waals surface area (Å²) in [5, 5.41) is 9.06. The molecule has 0 N–H and O–H groups in total. The van der Waals surface area contributed by atoms with E-state index < -0.39 is 0 Å². The van der Waals surface area contributed by atoms with Gasteiger partial charge in [-0.05, 0) is 65.7 Å². The molecule has 7 heteroatoms. The van der Waals surface area contributed by atoms with Gasteiger partial charge in [-0.2, -0.15) is 5.10 Å². The number of thioether (sulfide) groups is 1. The van der Waals surface area contributed by atoms with Gasteiger partial charge in [-0.3, -0.25) is 9.69 Å². The van der Waals surface area contributed by atoms with Crippen molar-refractivity contribution in [2.24, 2.45) is 10.2 Å². The molecule has 160 valence electrons. The summed E-state index contributed by atoms with van der Waals surface area (Å²) < 4.78 is 6.40. The number of carbonyl (C=O) groups excluding carboxylic acids is 1. The van der Waals surface area contributed by atoms with Crippen LogP contribution < -0.4 is 0 Å². The molecule has 1 aliphatic heterocycles. The Bertz CT molecular complexity index is 1220. The highest BCUT2D eigenvalue weighted by Crippen LogP contribution is 2.33. The Balaban J connectivity index is 1.60. The van der Waals surface area contributed by atoms with Gasteiger partial charge in [-0.1, -0.05) is 64.5 Å². The van der Waals surface area contributed by atoms with Crippen molar-refractivity contribution in [3.63, 3.8) is 0 Å². The lowest BCUT2D eigenvalue weighted by molar-refractivity contribution is -0.122. The number of halogens is 1. The van der Waals surface area contributed by atoms with E-state index in [1.54, 1.807) is 23.4 Å². The zero-order valence-corrected chi connectivity index (χ0v) is 19.7. The molecule has 5 nitrogen and oxygen atoms in total. The lowest BCUT2D eigenvalue weighted by Crippen LogP contribution is -2.28. The number of carbonyl (C=O) groups is 1. The number of nitrogens with zero attached hydrogens (tertiary/aromatic N) is 3. The minimum Gasteiger partial charge on any atom is -0.467 e. The van der Waals surface area contributed by atoms with Crippen molar-refractivity contribution in [1.29, 1.82) is 0 Å². The third-order valence-corrected chi connectivity index (χ3v) is 6.02. The zero-order chi connectivity index (χ0) is 22.3. The highest BCUT2D eigenvalue weighted by atomic mass is 79.9. The predicted molar refractivity (Wildman–Crippen MR) is 134 cm³/mol. The molecule has 0 saturated carbocycles. The highest BCUT2D eigenvalue weighted by Gasteiger charge is 2.34. The standard InChI is InChI=1S/C25H20BrN3O2S/c1-18(13-19-7-3-2-4-8-19)14-23-24(30)29(17-22-11-6-12-31-22)25(32-23)28-27-16-20-9-5-10-21(26)15-20/h2-16H,17H2,1H3/b18-13+,23-14-,27-16-,28-25+. The van der Waals surface area contributed by atoms with Crippen LogP contribution in [0.3, 0.4) is 0 Å². The number of furan rings is 1. The van der Waals surface area contributed by atoms with Crippen molar-refractivity contribution < 1.29 is 9.21 Å². The molecule has 32 heavy (non-hydrogen) atoms. The average molecular weight is 506 g/mol. The van der Waals surface area contributed by atoms with Crippen LogP contribution in [0, 0.1) is 0 Å². The van der Waals surface area contributed by atoms with Gasteiger partial charge in [0.05, 0.1) is 23.9 Å². The summed E-state index contributed by atoms with van der Waals surface area (Å²) in [5.41, 5.74) is 2.97. The van der Waals surface area contributed by atoms with E-state index in [4.69, 9.17) is 4.42 Å². The Morgan fingerprint density at radius 3 is 2.66 bits per heavy atom. The van der Waals surface area contributed by atoms with Gasteiger partial charge in [-0.25, -0.2) is 0 Å². The summed E-state index contributed by atoms with van der Waals surface area (Å²) in [4.78, 5) is 15.3. The lowest BCUT2D eigenvalue weighted by Gasteiger charge is -2.12. The van der Waals surface area contributed by atoms with Gasteiger partial charge in [0, 0.05) is 4.47 Å². The van der Waals surface area contributed by atoms with Gasteiger partial charge in [0.15, 0.2) is 5.17 Å². The van der Waals surface area contributed by atoms with Crippen LogP contribution in [0.25, 0.3) is 6.08 Å². The van der Waals surface area contributed by atoms with Gasteiger partial charge >= 0.3 is 0 Å². The largest absolute Gasteiger partial charge is 0.467 e. The van der Waals surface area contributed by atoms with E-state index in [0.717, 1.165) is 21.2 Å². The first-order valence-electron chi connectivity index (χ1n) is 9.92. The van der Waals surface area contributed by atoms with Crippen molar-refractivity contribution in [1.82, 2.24) is 4.90 Å². The smallest absolute Gasteiger partial charge is 0.267 e. The topological polar surface area (TPSA) is 58.2 Å². The summed E-state index contributed by atoms with van der Waals surface area (Å²) in [7, 11) is 0. The van der Waals surface area contributed by atoms with E-state index in [1.807, 2.05) is 79.7 Å². The molecule has 2 aromatic carbocycles. The Labute approximate surface area is 199 Å². The lowest BCUT2D eigenvalue weighted by atomic mass is 10.1. The Morgan fingerprint density at radius 2 is 1.91 bits per heavy atom. The minimum absolute atomic E-state index is 0.122. The molecular formula is C25H20BrN3O2S. The monoisotopic (exact) mass is 505 g/mol. The van der Waals surface area contributed by atoms with Crippen LogP contribution in [-0.4, -0.2) is 22.2 Å². The van der Waals surface area contributed by atoms with Crippen molar-refractivity contribution >= 4 is 51.1 Å². The Kier molecular flexibility index (Phi) is 7.19. The fourth-order valence-electron chi connectivity index (χ4n) is 3.07. The van der Waals surface area contributed by atoms with E-state index >= 15 is 0 Å². The maximum absolute atomic E-state index is 13.1. The molecular weight excluding hydrogens is 486 g/mol. The maximum Gasteiger partial charge on any atom is 0.267 e. The first-order valence-corrected chi connectivity index (χ1v) is 11.5. The molecule has 0 bridgehead atoms. The molecule has 0 spiro atoms. The second kappa shape index (κ2) is 10.4. The van der Waals surface area contributed by atoms with Crippen LogP contribution in [0.2, 0.25) is 0 Å². The highest BCUT2D eigenvalue weighted by molar-refractivity contribution is 9.10. The van der Waals surface area contributed by atoms with E-state index in [9.17, 15) is 4.79 Å². The maximum atomic E-state index is 13.1. The fourth-order valence-corrected chi connectivity index (χ4v) is 4.47. The van der Waals surface area contributed by atoms with E-state index in [-0.39, 0.29) is 5.91 Å². The van der Waals surface area contributed by atoms with Crippen LogP contribution in [0.4, 0.5) is 0 Å². The Hall–Kier alpha value is -3.16. The number of hydrogen-bond acceptors (Lipinski definition) is 5. The number of amidine groups is 1. The summed E-state index contributed by atoms with van der Waals surface area (Å²) in [5.74, 6) is 0.559. The molecule has 3 aromatic rings. The summed E-state index contributed by atoms with van der Waals surface area (Å²) in [6.07, 6.45) is 7.18. The second-order valence-electron chi connectivity index (χ2n) is 7.06. The first kappa shape index (κ1) is 22.0. The molecule has 4 rings (SSSR count). The average Bonchev–Trinajstić information content (AvgIpc) is 3.39. The molecule has 1 fully saturated rings. The molecule has 0 atom stereocenters. The first-order chi connectivity index (χ1) is 15.6. The molecule has 0 unspecified atom stereocenters. The van der Waals surface area contributed by atoms with Crippen LogP contribution in [-0.2, 0) is 11.3 Å². The van der Waals surface area contributed by atoms with Gasteiger partial charge < -0.3 is 4.42 Å². The van der Waals surface area contributed by atoms with Gasteiger partial charge in [-0.15, -0.1) is 5.10 Å². The number of allylic oxidation sites excluding steroid dienone is 2. The normalized spacial score (nSPS) is 17.2. The number of hydrogen-bond donors (Lipinski definition) is 0. The quantitative estimate of drug-likeness (QED) is 0.218. The van der Waals surface area contributed by atoms with E-state index in [1.165, 1.54) is 11.8 Å². The molecule has 0 aliphatic carbocycles. The van der Waals surface area contributed by atoms with E-state index in [2.05, 4.69) is 26.1 Å². The number of amides is 1. The zero-order valence-electron chi connectivity index (χ0n) is 17.3. The van der Waals surface area contributed by atoms with Crippen molar-refractivity contribution in [3.8, 4) is 0 Å². The van der Waals surface area contributed by atoms with Crippen LogP contribution >= 0.6 is 27.7 Å².